The second kappa shape index (κ2) is 5.64. The molecule has 0 aliphatic carbocycles. The number of nitrogen functional groups attached to an aromatic ring is 2. The van der Waals surface area contributed by atoms with Crippen molar-refractivity contribution in [2.24, 2.45) is 0 Å². The van der Waals surface area contributed by atoms with E-state index < -0.39 is 6.10 Å². The minimum Gasteiger partial charge on any atom is -0.389 e. The van der Waals surface area contributed by atoms with Crippen LogP contribution in [0.15, 0.2) is 34.3 Å². The van der Waals surface area contributed by atoms with Gasteiger partial charge in [-0.05, 0) is 36.4 Å². The first-order valence-electron chi connectivity index (χ1n) is 5.51. The Kier molecular flexibility index (Phi) is 4.14. The van der Waals surface area contributed by atoms with Gasteiger partial charge in [-0.25, -0.2) is 9.97 Å². The number of rotatable bonds is 3. The monoisotopic (exact) mass is 296 g/mol. The van der Waals surface area contributed by atoms with Crippen LogP contribution in [0.25, 0.3) is 0 Å². The average Bonchev–Trinajstić information content (AvgIpc) is 2.30. The standard InChI is InChI=1S/C12H13ClN4OS/c1-6(18)7-2-3-9(8(13)4-7)19-12-16-10(14)5-11(15)17-12/h2-6,18H,1H3,(H4,14,15,16,17). The summed E-state index contributed by atoms with van der Waals surface area (Å²) in [4.78, 5) is 8.91. The first kappa shape index (κ1) is 13.9. The van der Waals surface area contributed by atoms with Gasteiger partial charge in [0.1, 0.15) is 11.6 Å². The summed E-state index contributed by atoms with van der Waals surface area (Å²) in [5.41, 5.74) is 12.0. The van der Waals surface area contributed by atoms with E-state index in [1.54, 1.807) is 25.1 Å². The molecule has 1 unspecified atom stereocenters. The molecule has 0 fully saturated rings. The Morgan fingerprint density at radius 3 is 2.37 bits per heavy atom. The summed E-state index contributed by atoms with van der Waals surface area (Å²) in [6.45, 7) is 1.68. The summed E-state index contributed by atoms with van der Waals surface area (Å²) < 4.78 is 0. The van der Waals surface area contributed by atoms with Crippen LogP contribution in [0, 0.1) is 0 Å². The predicted molar refractivity (Wildman–Crippen MR) is 77.1 cm³/mol. The van der Waals surface area contributed by atoms with Crippen molar-refractivity contribution in [2.45, 2.75) is 23.1 Å². The zero-order valence-electron chi connectivity index (χ0n) is 10.2. The molecule has 0 spiro atoms. The van der Waals surface area contributed by atoms with Crippen LogP contribution in [0.4, 0.5) is 11.6 Å². The Bertz CT molecular complexity index is 586. The smallest absolute Gasteiger partial charge is 0.196 e. The van der Waals surface area contributed by atoms with E-state index >= 15 is 0 Å². The molecule has 1 heterocycles. The highest BCUT2D eigenvalue weighted by atomic mass is 35.5. The van der Waals surface area contributed by atoms with Crippen LogP contribution in [-0.4, -0.2) is 15.1 Å². The fourth-order valence-corrected chi connectivity index (χ4v) is 2.56. The molecule has 1 aromatic carbocycles. The van der Waals surface area contributed by atoms with Crippen molar-refractivity contribution < 1.29 is 5.11 Å². The number of benzene rings is 1. The van der Waals surface area contributed by atoms with Crippen molar-refractivity contribution in [1.29, 1.82) is 0 Å². The van der Waals surface area contributed by atoms with Crippen molar-refractivity contribution >= 4 is 35.0 Å². The van der Waals surface area contributed by atoms with Gasteiger partial charge >= 0.3 is 0 Å². The van der Waals surface area contributed by atoms with Crippen LogP contribution in [0.1, 0.15) is 18.6 Å². The molecule has 0 aliphatic heterocycles. The average molecular weight is 297 g/mol. The molecular weight excluding hydrogens is 284 g/mol. The zero-order valence-corrected chi connectivity index (χ0v) is 11.7. The number of aliphatic hydroxyl groups is 1. The largest absolute Gasteiger partial charge is 0.389 e. The first-order valence-corrected chi connectivity index (χ1v) is 6.70. The summed E-state index contributed by atoms with van der Waals surface area (Å²) in [5, 5.41) is 10.4. The topological polar surface area (TPSA) is 98.0 Å². The molecule has 0 saturated heterocycles. The van der Waals surface area contributed by atoms with Gasteiger partial charge in [-0.1, -0.05) is 17.7 Å². The Hall–Kier alpha value is -1.50. The number of nitrogens with two attached hydrogens (primary N) is 2. The van der Waals surface area contributed by atoms with Crippen molar-refractivity contribution in [3.05, 3.63) is 34.9 Å². The molecule has 2 aromatic rings. The third-order valence-corrected chi connectivity index (χ3v) is 3.75. The third-order valence-electron chi connectivity index (χ3n) is 2.38. The summed E-state index contributed by atoms with van der Waals surface area (Å²) >= 11 is 7.42. The van der Waals surface area contributed by atoms with Gasteiger partial charge in [0.05, 0.1) is 11.1 Å². The maximum Gasteiger partial charge on any atom is 0.196 e. The number of halogens is 1. The van der Waals surface area contributed by atoms with Gasteiger partial charge < -0.3 is 16.6 Å². The summed E-state index contributed by atoms with van der Waals surface area (Å²) in [6.07, 6.45) is -0.559. The Balaban J connectivity index is 2.28. The molecule has 0 saturated carbocycles. The minimum atomic E-state index is -0.559. The van der Waals surface area contributed by atoms with Crippen LogP contribution in [0.3, 0.4) is 0 Å². The van der Waals surface area contributed by atoms with E-state index in [2.05, 4.69) is 9.97 Å². The molecule has 19 heavy (non-hydrogen) atoms. The molecule has 5 N–H and O–H groups in total. The highest BCUT2D eigenvalue weighted by Gasteiger charge is 2.09. The molecule has 0 bridgehead atoms. The van der Waals surface area contributed by atoms with Crippen LogP contribution in [-0.2, 0) is 0 Å². The predicted octanol–water partition coefficient (Wildman–Crippen LogP) is 2.50. The number of anilines is 2. The fraction of sp³-hybridized carbons (Fsp3) is 0.167. The molecule has 100 valence electrons. The lowest BCUT2D eigenvalue weighted by atomic mass is 10.1. The van der Waals surface area contributed by atoms with Crippen LogP contribution in [0.5, 0.6) is 0 Å². The van der Waals surface area contributed by atoms with E-state index in [0.717, 1.165) is 10.5 Å². The molecular formula is C12H13ClN4OS. The maximum absolute atomic E-state index is 9.48. The number of aromatic nitrogens is 2. The highest BCUT2D eigenvalue weighted by molar-refractivity contribution is 7.99. The van der Waals surface area contributed by atoms with Crippen molar-refractivity contribution in [2.75, 3.05) is 11.5 Å². The second-order valence-corrected chi connectivity index (χ2v) is 5.38. The van der Waals surface area contributed by atoms with Crippen molar-refractivity contribution in [3.8, 4) is 0 Å². The minimum absolute atomic E-state index is 0.312. The van der Waals surface area contributed by atoms with Crippen LogP contribution >= 0.6 is 23.4 Å². The van der Waals surface area contributed by atoms with Gasteiger partial charge in [0.25, 0.3) is 0 Å². The van der Waals surface area contributed by atoms with E-state index in [1.807, 2.05) is 0 Å². The molecule has 1 atom stereocenters. The maximum atomic E-state index is 9.48. The number of hydrogen-bond acceptors (Lipinski definition) is 6. The van der Waals surface area contributed by atoms with Gasteiger partial charge in [-0.2, -0.15) is 0 Å². The lowest BCUT2D eigenvalue weighted by Crippen LogP contribution is -1.99. The molecule has 0 radical (unpaired) electrons. The fourth-order valence-electron chi connectivity index (χ4n) is 1.47. The number of aliphatic hydroxyl groups excluding tert-OH is 1. The van der Waals surface area contributed by atoms with Crippen LogP contribution in [0.2, 0.25) is 5.02 Å². The van der Waals surface area contributed by atoms with E-state index in [4.69, 9.17) is 23.1 Å². The first-order chi connectivity index (χ1) is 8.95. The third kappa shape index (κ3) is 3.50. The van der Waals surface area contributed by atoms with E-state index in [1.165, 1.54) is 17.8 Å². The number of hydrogen-bond donors (Lipinski definition) is 3. The normalized spacial score (nSPS) is 12.4. The second-order valence-electron chi connectivity index (χ2n) is 3.97. The van der Waals surface area contributed by atoms with E-state index in [0.29, 0.717) is 21.8 Å². The zero-order chi connectivity index (χ0) is 14.0. The van der Waals surface area contributed by atoms with Gasteiger partial charge in [-0.3, -0.25) is 0 Å². The molecule has 5 nitrogen and oxygen atoms in total. The quantitative estimate of drug-likeness (QED) is 0.753. The Labute approximate surface area is 120 Å². The summed E-state index contributed by atoms with van der Waals surface area (Å²) in [5.74, 6) is 0.624. The SMILES string of the molecule is CC(O)c1ccc(Sc2nc(N)cc(N)n2)c(Cl)c1. The Morgan fingerprint density at radius 1 is 1.21 bits per heavy atom. The Morgan fingerprint density at radius 2 is 1.84 bits per heavy atom. The molecule has 1 aromatic heterocycles. The van der Waals surface area contributed by atoms with Crippen molar-refractivity contribution in [3.63, 3.8) is 0 Å². The van der Waals surface area contributed by atoms with Gasteiger partial charge in [0, 0.05) is 11.0 Å². The molecule has 0 amide bonds. The summed E-state index contributed by atoms with van der Waals surface area (Å²) in [7, 11) is 0. The van der Waals surface area contributed by atoms with Gasteiger partial charge in [0.15, 0.2) is 5.16 Å². The van der Waals surface area contributed by atoms with Gasteiger partial charge in [0.2, 0.25) is 0 Å². The number of nitrogens with zero attached hydrogens (tertiary/aromatic N) is 2. The van der Waals surface area contributed by atoms with Crippen LogP contribution < -0.4 is 11.5 Å². The van der Waals surface area contributed by atoms with E-state index in [9.17, 15) is 5.11 Å². The van der Waals surface area contributed by atoms with E-state index in [-0.39, 0.29) is 0 Å². The molecule has 2 rings (SSSR count). The van der Waals surface area contributed by atoms with Crippen molar-refractivity contribution in [1.82, 2.24) is 9.97 Å². The molecule has 0 aliphatic rings. The summed E-state index contributed by atoms with van der Waals surface area (Å²) in [6, 6.07) is 6.80. The molecule has 7 heteroatoms. The van der Waals surface area contributed by atoms with Gasteiger partial charge in [-0.15, -0.1) is 0 Å². The lowest BCUT2D eigenvalue weighted by molar-refractivity contribution is 0.199. The lowest BCUT2D eigenvalue weighted by Gasteiger charge is -2.08. The highest BCUT2D eigenvalue weighted by Crippen LogP contribution is 2.33.